The van der Waals surface area contributed by atoms with Crippen molar-refractivity contribution < 1.29 is 9.47 Å². The molecule has 3 nitrogen and oxygen atoms in total. The van der Waals surface area contributed by atoms with E-state index >= 15 is 0 Å². The molecule has 0 aromatic heterocycles. The van der Waals surface area contributed by atoms with Crippen molar-refractivity contribution >= 4 is 5.69 Å². The van der Waals surface area contributed by atoms with Crippen molar-refractivity contribution in [1.82, 2.24) is 0 Å². The summed E-state index contributed by atoms with van der Waals surface area (Å²) in [6, 6.07) is 8.81. The zero-order valence-corrected chi connectivity index (χ0v) is 13.2. The molecule has 2 atom stereocenters. The monoisotopic (exact) mass is 289 g/mol. The molecule has 1 N–H and O–H groups in total. The van der Waals surface area contributed by atoms with Gasteiger partial charge in [-0.25, -0.2) is 0 Å². The van der Waals surface area contributed by atoms with E-state index in [2.05, 4.69) is 24.4 Å². The van der Waals surface area contributed by atoms with E-state index in [9.17, 15) is 0 Å². The van der Waals surface area contributed by atoms with Crippen LogP contribution in [0, 0.1) is 5.41 Å². The van der Waals surface area contributed by atoms with Gasteiger partial charge in [0.05, 0.1) is 18.4 Å². The molecule has 0 amide bonds. The van der Waals surface area contributed by atoms with E-state index in [0.29, 0.717) is 24.2 Å². The summed E-state index contributed by atoms with van der Waals surface area (Å²) in [7, 11) is 0. The zero-order chi connectivity index (χ0) is 14.7. The third kappa shape index (κ3) is 2.64. The highest BCUT2D eigenvalue weighted by molar-refractivity contribution is 5.57. The van der Waals surface area contributed by atoms with Crippen LogP contribution in [-0.4, -0.2) is 25.4 Å². The van der Waals surface area contributed by atoms with Gasteiger partial charge >= 0.3 is 0 Å². The average Bonchev–Trinajstić information content (AvgIpc) is 3.01. The van der Waals surface area contributed by atoms with Crippen molar-refractivity contribution in [3.63, 3.8) is 0 Å². The van der Waals surface area contributed by atoms with Crippen LogP contribution < -0.4 is 10.1 Å². The number of hydrogen-bond donors (Lipinski definition) is 1. The molecule has 0 aliphatic heterocycles. The van der Waals surface area contributed by atoms with E-state index < -0.39 is 0 Å². The third-order valence-corrected chi connectivity index (χ3v) is 5.20. The first-order valence-corrected chi connectivity index (χ1v) is 8.40. The van der Waals surface area contributed by atoms with Crippen LogP contribution in [0.15, 0.2) is 24.3 Å². The van der Waals surface area contributed by atoms with E-state index in [1.807, 2.05) is 19.1 Å². The molecule has 2 fully saturated rings. The Balaban J connectivity index is 1.73. The minimum atomic E-state index is 0.356. The molecular weight excluding hydrogens is 262 g/mol. The van der Waals surface area contributed by atoms with E-state index in [0.717, 1.165) is 24.5 Å². The molecule has 116 valence electrons. The lowest BCUT2D eigenvalue weighted by Gasteiger charge is -2.54. The number of anilines is 1. The van der Waals surface area contributed by atoms with Gasteiger partial charge in [-0.3, -0.25) is 0 Å². The molecule has 2 aliphatic rings. The molecule has 0 radical (unpaired) electrons. The number of hydrogen-bond acceptors (Lipinski definition) is 3. The van der Waals surface area contributed by atoms with Gasteiger partial charge in [0.1, 0.15) is 5.75 Å². The van der Waals surface area contributed by atoms with Crippen molar-refractivity contribution in [2.24, 2.45) is 5.41 Å². The molecule has 0 heterocycles. The quantitative estimate of drug-likeness (QED) is 0.850. The topological polar surface area (TPSA) is 30.5 Å². The summed E-state index contributed by atoms with van der Waals surface area (Å²) in [6.07, 6.45) is 6.85. The lowest BCUT2D eigenvalue weighted by Crippen LogP contribution is -2.60. The van der Waals surface area contributed by atoms with Crippen LogP contribution in [0.2, 0.25) is 0 Å². The lowest BCUT2D eigenvalue weighted by molar-refractivity contribution is -0.114. The molecule has 1 spiro atoms. The fourth-order valence-corrected chi connectivity index (χ4v) is 4.14. The van der Waals surface area contributed by atoms with E-state index in [4.69, 9.17) is 9.47 Å². The van der Waals surface area contributed by atoms with Gasteiger partial charge in [0.2, 0.25) is 0 Å². The molecule has 0 bridgehead atoms. The molecule has 21 heavy (non-hydrogen) atoms. The Hall–Kier alpha value is -1.22. The maximum Gasteiger partial charge on any atom is 0.142 e. The summed E-state index contributed by atoms with van der Waals surface area (Å²) in [5.74, 6) is 0.966. The van der Waals surface area contributed by atoms with Gasteiger partial charge in [-0.15, -0.1) is 0 Å². The molecule has 0 saturated heterocycles. The Morgan fingerprint density at radius 3 is 2.62 bits per heavy atom. The summed E-state index contributed by atoms with van der Waals surface area (Å²) in [5, 5.41) is 3.75. The second kappa shape index (κ2) is 6.27. The fraction of sp³-hybridized carbons (Fsp3) is 0.667. The maximum atomic E-state index is 5.99. The Bertz CT molecular complexity index is 468. The number of nitrogens with one attached hydrogen (secondary N) is 1. The van der Waals surface area contributed by atoms with Gasteiger partial charge in [-0.1, -0.05) is 25.0 Å². The van der Waals surface area contributed by atoms with Crippen LogP contribution in [0.1, 0.15) is 46.0 Å². The van der Waals surface area contributed by atoms with E-state index in [-0.39, 0.29) is 0 Å². The molecule has 3 heteroatoms. The molecule has 2 saturated carbocycles. The van der Waals surface area contributed by atoms with E-state index in [1.165, 1.54) is 25.7 Å². The molecule has 1 aromatic rings. The van der Waals surface area contributed by atoms with Crippen LogP contribution >= 0.6 is 0 Å². The first-order valence-electron chi connectivity index (χ1n) is 8.40. The standard InChI is InChI=1S/C18H27NO2/c1-3-20-15-10-6-5-9-14(15)19-16-13-17(21-4-2)18(16)11-7-8-12-18/h5-6,9-10,16-17,19H,3-4,7-8,11-13H2,1-2H3. The Kier molecular flexibility index (Phi) is 4.39. The summed E-state index contributed by atoms with van der Waals surface area (Å²) >= 11 is 0. The minimum Gasteiger partial charge on any atom is -0.492 e. The smallest absolute Gasteiger partial charge is 0.142 e. The van der Waals surface area contributed by atoms with Gasteiger partial charge in [0.25, 0.3) is 0 Å². The van der Waals surface area contributed by atoms with Gasteiger partial charge in [-0.2, -0.15) is 0 Å². The Morgan fingerprint density at radius 1 is 1.14 bits per heavy atom. The predicted molar refractivity (Wildman–Crippen MR) is 86.0 cm³/mol. The van der Waals surface area contributed by atoms with E-state index in [1.54, 1.807) is 0 Å². The fourth-order valence-electron chi connectivity index (χ4n) is 4.14. The highest BCUT2D eigenvalue weighted by Gasteiger charge is 2.56. The van der Waals surface area contributed by atoms with Crippen molar-refractivity contribution in [2.75, 3.05) is 18.5 Å². The second-order valence-corrected chi connectivity index (χ2v) is 6.25. The van der Waals surface area contributed by atoms with Crippen LogP contribution in [0.4, 0.5) is 5.69 Å². The SMILES string of the molecule is CCOc1ccccc1NC1CC(OCC)C12CCCC2. The van der Waals surface area contributed by atoms with Gasteiger partial charge < -0.3 is 14.8 Å². The van der Waals surface area contributed by atoms with Gasteiger partial charge in [0, 0.05) is 18.1 Å². The predicted octanol–water partition coefficient (Wildman–Crippen LogP) is 4.24. The molecular formula is C18H27NO2. The van der Waals surface area contributed by atoms with Crippen LogP contribution in [0.3, 0.4) is 0 Å². The Morgan fingerprint density at radius 2 is 1.90 bits per heavy atom. The summed E-state index contributed by atoms with van der Waals surface area (Å²) in [4.78, 5) is 0. The maximum absolute atomic E-state index is 5.99. The van der Waals surface area contributed by atoms with Crippen molar-refractivity contribution in [3.05, 3.63) is 24.3 Å². The highest BCUT2D eigenvalue weighted by atomic mass is 16.5. The summed E-state index contributed by atoms with van der Waals surface area (Å²) in [6.45, 7) is 5.67. The van der Waals surface area contributed by atoms with Crippen LogP contribution in [-0.2, 0) is 4.74 Å². The normalized spacial score (nSPS) is 26.6. The van der Waals surface area contributed by atoms with Crippen molar-refractivity contribution in [2.45, 2.75) is 58.1 Å². The average molecular weight is 289 g/mol. The second-order valence-electron chi connectivity index (χ2n) is 6.25. The molecule has 3 rings (SSSR count). The molecule has 2 unspecified atom stereocenters. The van der Waals surface area contributed by atoms with Crippen molar-refractivity contribution in [3.8, 4) is 5.75 Å². The number of ether oxygens (including phenoxy) is 2. The lowest BCUT2D eigenvalue weighted by atomic mass is 9.60. The highest BCUT2D eigenvalue weighted by Crippen LogP contribution is 2.55. The molecule has 2 aliphatic carbocycles. The Labute approximate surface area is 128 Å². The number of para-hydroxylation sites is 2. The molecule has 1 aromatic carbocycles. The zero-order valence-electron chi connectivity index (χ0n) is 13.2. The van der Waals surface area contributed by atoms with Crippen LogP contribution in [0.5, 0.6) is 5.75 Å². The first-order chi connectivity index (χ1) is 10.3. The number of benzene rings is 1. The van der Waals surface area contributed by atoms with Crippen LogP contribution in [0.25, 0.3) is 0 Å². The van der Waals surface area contributed by atoms with Gasteiger partial charge in [0.15, 0.2) is 0 Å². The van der Waals surface area contributed by atoms with Crippen molar-refractivity contribution in [1.29, 1.82) is 0 Å². The summed E-state index contributed by atoms with van der Waals surface area (Å²) < 4.78 is 11.7. The summed E-state index contributed by atoms with van der Waals surface area (Å²) in [5.41, 5.74) is 1.49. The first kappa shape index (κ1) is 14.7. The minimum absolute atomic E-state index is 0.356. The third-order valence-electron chi connectivity index (χ3n) is 5.20. The van der Waals surface area contributed by atoms with Gasteiger partial charge in [-0.05, 0) is 45.2 Å². The largest absolute Gasteiger partial charge is 0.492 e. The number of rotatable bonds is 6.